The van der Waals surface area contributed by atoms with E-state index in [0.29, 0.717) is 23.7 Å². The predicted octanol–water partition coefficient (Wildman–Crippen LogP) is 5.66. The summed E-state index contributed by atoms with van der Waals surface area (Å²) in [6.45, 7) is 2.44. The van der Waals surface area contributed by atoms with Crippen molar-refractivity contribution in [2.24, 2.45) is 0 Å². The van der Waals surface area contributed by atoms with Crippen LogP contribution < -0.4 is 5.69 Å². The number of halogens is 1. The van der Waals surface area contributed by atoms with E-state index in [1.165, 1.54) is 0 Å². The van der Waals surface area contributed by atoms with Gasteiger partial charge in [-0.3, -0.25) is 9.13 Å². The number of carbonyl (C=O) groups is 1. The maximum Gasteiger partial charge on any atom is 0.336 e. The molecule has 0 saturated heterocycles. The average molecular weight is 447 g/mol. The van der Waals surface area contributed by atoms with E-state index in [1.54, 1.807) is 27.3 Å². The molecule has 4 rings (SSSR count). The average Bonchev–Trinajstić information content (AvgIpc) is 3.04. The van der Waals surface area contributed by atoms with E-state index in [1.807, 2.05) is 60.7 Å². The van der Waals surface area contributed by atoms with Gasteiger partial charge in [-0.05, 0) is 41.3 Å². The number of benzene rings is 3. The normalized spacial score (nSPS) is 10.9. The van der Waals surface area contributed by atoms with E-state index < -0.39 is 5.97 Å². The Kier molecular flexibility index (Phi) is 6.28. The fraction of sp³-hybridized carbons (Fsp3) is 0.154. The van der Waals surface area contributed by atoms with Crippen LogP contribution in [0.4, 0.5) is 0 Å². The van der Waals surface area contributed by atoms with Crippen molar-refractivity contribution in [1.29, 1.82) is 0 Å². The molecule has 0 aliphatic rings. The third-order valence-corrected chi connectivity index (χ3v) is 5.83. The molecule has 3 aromatic carbocycles. The van der Waals surface area contributed by atoms with Gasteiger partial charge in [-0.1, -0.05) is 85.6 Å². The highest BCUT2D eigenvalue weighted by atomic mass is 35.5. The standard InChI is InChI=1S/C26H23ClN2O3/c1-2-8-23-24(27)29(20-9-4-3-5-10-20)26(32)28(23)17-18-13-15-19(16-14-18)21-11-6-7-12-22(21)25(30)31/h3-7,9-16H,2,8,17H2,1H3,(H,30,31). The van der Waals surface area contributed by atoms with Gasteiger partial charge in [0.1, 0.15) is 5.15 Å². The predicted molar refractivity (Wildman–Crippen MR) is 127 cm³/mol. The minimum Gasteiger partial charge on any atom is -0.478 e. The molecule has 6 heteroatoms. The van der Waals surface area contributed by atoms with E-state index in [4.69, 9.17) is 11.6 Å². The Hall–Kier alpha value is -3.57. The highest BCUT2D eigenvalue weighted by molar-refractivity contribution is 6.30. The molecule has 0 bridgehead atoms. The zero-order chi connectivity index (χ0) is 22.7. The SMILES string of the molecule is CCCc1c(Cl)n(-c2ccccc2)c(=O)n1Cc1ccc(-c2ccccc2C(=O)O)cc1. The highest BCUT2D eigenvalue weighted by Crippen LogP contribution is 2.25. The van der Waals surface area contributed by atoms with Crippen LogP contribution in [0.2, 0.25) is 5.15 Å². The summed E-state index contributed by atoms with van der Waals surface area (Å²) in [5.41, 5.74) is 4.03. The third-order valence-electron chi connectivity index (χ3n) is 5.45. The van der Waals surface area contributed by atoms with Gasteiger partial charge < -0.3 is 5.11 Å². The molecule has 4 aromatic rings. The fourth-order valence-electron chi connectivity index (χ4n) is 3.89. The van der Waals surface area contributed by atoms with Crippen molar-refractivity contribution >= 4 is 17.6 Å². The second kappa shape index (κ2) is 9.28. The lowest BCUT2D eigenvalue weighted by Gasteiger charge is -2.09. The molecule has 1 heterocycles. The lowest BCUT2D eigenvalue weighted by atomic mass is 9.99. The summed E-state index contributed by atoms with van der Waals surface area (Å²) in [4.78, 5) is 24.8. The molecule has 1 aromatic heterocycles. The van der Waals surface area contributed by atoms with Crippen LogP contribution >= 0.6 is 11.6 Å². The first-order chi connectivity index (χ1) is 15.5. The molecule has 0 aliphatic heterocycles. The van der Waals surface area contributed by atoms with E-state index in [-0.39, 0.29) is 11.3 Å². The quantitative estimate of drug-likeness (QED) is 0.398. The van der Waals surface area contributed by atoms with Crippen LogP contribution in [0, 0.1) is 0 Å². The minimum absolute atomic E-state index is 0.176. The number of aromatic carboxylic acids is 1. The van der Waals surface area contributed by atoms with E-state index in [0.717, 1.165) is 28.9 Å². The summed E-state index contributed by atoms with van der Waals surface area (Å²) >= 11 is 6.65. The van der Waals surface area contributed by atoms with Gasteiger partial charge in [0.25, 0.3) is 0 Å². The molecule has 32 heavy (non-hydrogen) atoms. The molecular weight excluding hydrogens is 424 g/mol. The number of carboxylic acid groups (broad SMARTS) is 1. The van der Waals surface area contributed by atoms with Gasteiger partial charge >= 0.3 is 11.7 Å². The number of rotatable bonds is 7. The van der Waals surface area contributed by atoms with Gasteiger partial charge in [0.15, 0.2) is 0 Å². The number of imidazole rings is 1. The number of carboxylic acids is 1. The molecule has 1 N–H and O–H groups in total. The Balaban J connectivity index is 1.71. The fourth-order valence-corrected chi connectivity index (χ4v) is 4.26. The Morgan fingerprint density at radius 3 is 2.25 bits per heavy atom. The molecule has 0 unspecified atom stereocenters. The van der Waals surface area contributed by atoms with Crippen LogP contribution in [0.25, 0.3) is 16.8 Å². The number of nitrogens with zero attached hydrogens (tertiary/aromatic N) is 2. The van der Waals surface area contributed by atoms with Gasteiger partial charge in [-0.25, -0.2) is 9.59 Å². The van der Waals surface area contributed by atoms with E-state index in [9.17, 15) is 14.7 Å². The van der Waals surface area contributed by atoms with E-state index >= 15 is 0 Å². The van der Waals surface area contributed by atoms with Gasteiger partial charge in [-0.2, -0.15) is 0 Å². The topological polar surface area (TPSA) is 64.2 Å². The first-order valence-electron chi connectivity index (χ1n) is 10.5. The van der Waals surface area contributed by atoms with Crippen LogP contribution in [0.15, 0.2) is 83.7 Å². The highest BCUT2D eigenvalue weighted by Gasteiger charge is 2.19. The third kappa shape index (κ3) is 4.12. The van der Waals surface area contributed by atoms with Crippen LogP contribution in [-0.2, 0) is 13.0 Å². The Bertz CT molecular complexity index is 1310. The van der Waals surface area contributed by atoms with Crippen LogP contribution in [0.5, 0.6) is 0 Å². The second-order valence-electron chi connectivity index (χ2n) is 7.57. The molecule has 5 nitrogen and oxygen atoms in total. The maximum absolute atomic E-state index is 13.3. The van der Waals surface area contributed by atoms with Gasteiger partial charge in [0, 0.05) is 0 Å². The summed E-state index contributed by atoms with van der Waals surface area (Å²) in [6, 6.07) is 23.9. The van der Waals surface area contributed by atoms with Crippen molar-refractivity contribution in [3.8, 4) is 16.8 Å². The maximum atomic E-state index is 13.3. The molecule has 0 atom stereocenters. The number of aromatic nitrogens is 2. The first-order valence-corrected chi connectivity index (χ1v) is 10.9. The Morgan fingerprint density at radius 2 is 1.59 bits per heavy atom. The minimum atomic E-state index is -0.961. The summed E-state index contributed by atoms with van der Waals surface area (Å²) in [5, 5.41) is 9.90. The number of hydrogen-bond acceptors (Lipinski definition) is 2. The van der Waals surface area contributed by atoms with Crippen LogP contribution in [0.3, 0.4) is 0 Å². The zero-order valence-electron chi connectivity index (χ0n) is 17.7. The van der Waals surface area contributed by atoms with Gasteiger partial charge in [-0.15, -0.1) is 0 Å². The van der Waals surface area contributed by atoms with Crippen LogP contribution in [0.1, 0.15) is 35.0 Å². The Labute approximate surface area is 191 Å². The number of hydrogen-bond donors (Lipinski definition) is 1. The molecule has 0 fully saturated rings. The summed E-state index contributed by atoms with van der Waals surface area (Å²) < 4.78 is 3.27. The smallest absolute Gasteiger partial charge is 0.336 e. The Morgan fingerprint density at radius 1 is 0.938 bits per heavy atom. The van der Waals surface area contributed by atoms with Crippen LogP contribution in [-0.4, -0.2) is 20.2 Å². The van der Waals surface area contributed by atoms with Crippen molar-refractivity contribution in [2.45, 2.75) is 26.3 Å². The molecule has 0 amide bonds. The van der Waals surface area contributed by atoms with Gasteiger partial charge in [0.2, 0.25) is 0 Å². The molecular formula is C26H23ClN2O3. The first kappa shape index (κ1) is 21.7. The molecule has 162 valence electrons. The molecule has 0 saturated carbocycles. The van der Waals surface area contributed by atoms with E-state index in [2.05, 4.69) is 6.92 Å². The largest absolute Gasteiger partial charge is 0.478 e. The number of para-hydroxylation sites is 1. The van der Waals surface area contributed by atoms with Crippen molar-refractivity contribution < 1.29 is 9.90 Å². The molecule has 0 spiro atoms. The molecule has 0 radical (unpaired) electrons. The zero-order valence-corrected chi connectivity index (χ0v) is 18.4. The van der Waals surface area contributed by atoms with Crippen molar-refractivity contribution in [1.82, 2.24) is 9.13 Å². The summed E-state index contributed by atoms with van der Waals surface area (Å²) in [5.74, 6) is -0.961. The lowest BCUT2D eigenvalue weighted by molar-refractivity contribution is 0.0697. The summed E-state index contributed by atoms with van der Waals surface area (Å²) in [6.07, 6.45) is 1.56. The lowest BCUT2D eigenvalue weighted by Crippen LogP contribution is -2.24. The van der Waals surface area contributed by atoms with Crippen molar-refractivity contribution in [3.63, 3.8) is 0 Å². The monoisotopic (exact) mass is 446 g/mol. The van der Waals surface area contributed by atoms with Crippen molar-refractivity contribution in [2.75, 3.05) is 0 Å². The van der Waals surface area contributed by atoms with Crippen molar-refractivity contribution in [3.05, 3.63) is 111 Å². The molecule has 0 aliphatic carbocycles. The van der Waals surface area contributed by atoms with Gasteiger partial charge in [0.05, 0.1) is 23.5 Å². The second-order valence-corrected chi connectivity index (χ2v) is 7.93. The summed E-state index contributed by atoms with van der Waals surface area (Å²) in [7, 11) is 0.